The number of methoxy groups -OCH3 is 1. The summed E-state index contributed by atoms with van der Waals surface area (Å²) in [7, 11) is 1.09. The molecule has 9 heteroatoms. The monoisotopic (exact) mass is 483 g/mol. The number of hydrogen-bond donors (Lipinski definition) is 3. The summed E-state index contributed by atoms with van der Waals surface area (Å²) in [5, 5.41) is 8.69. The van der Waals surface area contributed by atoms with Crippen molar-refractivity contribution in [1.82, 2.24) is 0 Å². The minimum atomic E-state index is -1.48. The van der Waals surface area contributed by atoms with E-state index in [0.717, 1.165) is 31.8 Å². The number of nitrogens with two attached hydrogens (primary N) is 2. The van der Waals surface area contributed by atoms with Gasteiger partial charge in [0.1, 0.15) is 0 Å². The number of aliphatic carboxylic acids is 1. The quantitative estimate of drug-likeness (QED) is 0.508. The molecule has 0 bridgehead atoms. The summed E-state index contributed by atoms with van der Waals surface area (Å²) in [6, 6.07) is -1.48. The number of ether oxygens (including phenoxy) is 1. The summed E-state index contributed by atoms with van der Waals surface area (Å²) >= 11 is 0.754. The third kappa shape index (κ3) is 3.04. The van der Waals surface area contributed by atoms with Crippen LogP contribution in [0, 0.1) is 36.4 Å². The van der Waals surface area contributed by atoms with Gasteiger partial charge in [0.25, 0.3) is 0 Å². The maximum atomic E-state index is 14.1. The molecule has 5 N–H and O–H groups in total. The van der Waals surface area contributed by atoms with E-state index in [4.69, 9.17) is 21.3 Å². The molecule has 0 saturated heterocycles. The molecular weight excluding hydrogens is 472 g/mol. The van der Waals surface area contributed by atoms with Crippen LogP contribution in [0.25, 0.3) is 0 Å². The Hall–Kier alpha value is -1.34. The molecule has 1 aromatic rings. The number of hydrogen-bond acceptors (Lipinski definition) is 4. The van der Waals surface area contributed by atoms with Gasteiger partial charge in [-0.3, -0.25) is 0 Å². The number of primary amides is 1. The number of benzene rings is 1. The first-order chi connectivity index (χ1) is 9.22. The number of halogens is 2. The van der Waals surface area contributed by atoms with Crippen molar-refractivity contribution < 1.29 is 52.9 Å². The van der Waals surface area contributed by atoms with Gasteiger partial charge in [0.15, 0.2) is 0 Å². The van der Waals surface area contributed by atoms with E-state index >= 15 is 0 Å². The topological polar surface area (TPSA) is 116 Å². The van der Waals surface area contributed by atoms with Gasteiger partial charge in [-0.15, -0.1) is 0 Å². The zero-order chi connectivity index (χ0) is 15.6. The number of carbonyl (C=O) groups is 2. The van der Waals surface area contributed by atoms with Crippen molar-refractivity contribution >= 4 is 15.1 Å². The normalized spacial score (nSPS) is 12.1. The van der Waals surface area contributed by atoms with Crippen LogP contribution < -0.4 is 19.5 Å². The van der Waals surface area contributed by atoms with Crippen LogP contribution in [0.5, 0.6) is 5.75 Å². The molecule has 20 heavy (non-hydrogen) atoms. The molecule has 0 fully saturated rings. The molecule has 1 rings (SSSR count). The Balaban J connectivity index is 3.52. The standard InChI is InChI=1S/C11H11AtF2N2O4/c1-20-9-5(10(16)17)6(12)7(13)3(8(9)14)2-4(15)11(18)19/h4H,2,15H2,1H3,(H2,16,17)(H,18,19). The summed E-state index contributed by atoms with van der Waals surface area (Å²) in [4.78, 5) is 21.9. The summed E-state index contributed by atoms with van der Waals surface area (Å²) in [6.07, 6.45) is -0.571. The van der Waals surface area contributed by atoms with E-state index in [-0.39, 0.29) is 3.27 Å². The Bertz CT molecular complexity index is 580. The van der Waals surface area contributed by atoms with Gasteiger partial charge in [0, 0.05) is 0 Å². The molecule has 0 aliphatic rings. The van der Waals surface area contributed by atoms with E-state index in [9.17, 15) is 18.4 Å². The third-order valence-corrected chi connectivity index (χ3v) is 3.94. The van der Waals surface area contributed by atoms with Gasteiger partial charge in [-0.25, -0.2) is 0 Å². The van der Waals surface area contributed by atoms with Gasteiger partial charge in [-0.05, 0) is 0 Å². The second-order valence-electron chi connectivity index (χ2n) is 3.84. The van der Waals surface area contributed by atoms with Crippen LogP contribution in [0.1, 0.15) is 15.9 Å². The molecule has 0 saturated carbocycles. The van der Waals surface area contributed by atoms with Crippen molar-refractivity contribution in [3.8, 4) is 5.75 Å². The number of amides is 1. The first-order valence-electron chi connectivity index (χ1n) is 5.23. The molecule has 1 amide bonds. The second kappa shape index (κ2) is 6.41. The Kier molecular flexibility index (Phi) is 5.36. The van der Waals surface area contributed by atoms with Crippen LogP contribution >= 0.6 is 0 Å². The van der Waals surface area contributed by atoms with E-state index in [0.29, 0.717) is 0 Å². The van der Waals surface area contributed by atoms with Gasteiger partial charge in [0.2, 0.25) is 0 Å². The SMILES string of the molecule is COc1c(F)c(CC(N)C(=O)O)c(F)c([At])c1C(N)=O. The van der Waals surface area contributed by atoms with Gasteiger partial charge >= 0.3 is 128 Å². The van der Waals surface area contributed by atoms with Crippen molar-refractivity contribution in [2.45, 2.75) is 12.5 Å². The fourth-order valence-electron chi connectivity index (χ4n) is 1.58. The van der Waals surface area contributed by atoms with Crippen molar-refractivity contribution in [3.05, 3.63) is 22.8 Å². The van der Waals surface area contributed by atoms with E-state index in [2.05, 4.69) is 0 Å². The van der Waals surface area contributed by atoms with Gasteiger partial charge in [-0.2, -0.15) is 0 Å². The average molecular weight is 483 g/mol. The molecule has 0 spiro atoms. The molecule has 0 heterocycles. The zero-order valence-electron chi connectivity index (χ0n) is 10.2. The number of carboxylic acid groups (broad SMARTS) is 1. The van der Waals surface area contributed by atoms with Crippen LogP contribution in [0.2, 0.25) is 0 Å². The van der Waals surface area contributed by atoms with Crippen molar-refractivity contribution in [3.63, 3.8) is 0 Å². The Morgan fingerprint density at radius 3 is 2.35 bits per heavy atom. The fraction of sp³-hybridized carbons (Fsp3) is 0.273. The predicted molar refractivity (Wildman–Crippen MR) is 60.4 cm³/mol. The van der Waals surface area contributed by atoms with Crippen LogP contribution in [0.15, 0.2) is 0 Å². The zero-order valence-corrected chi connectivity index (χ0v) is 13.2. The first kappa shape index (κ1) is 16.7. The Morgan fingerprint density at radius 2 is 1.95 bits per heavy atom. The third-order valence-electron chi connectivity index (χ3n) is 2.56. The van der Waals surface area contributed by atoms with E-state index in [1.54, 1.807) is 0 Å². The fourth-order valence-corrected chi connectivity index (χ4v) is 2.72. The molecule has 1 atom stereocenters. The number of carboxylic acids is 1. The summed E-state index contributed by atoms with van der Waals surface area (Å²) in [5.41, 5.74) is 9.39. The molecule has 0 aliphatic carbocycles. The molecular formula is C11H11AtF2N2O4. The van der Waals surface area contributed by atoms with Gasteiger partial charge in [-0.1, -0.05) is 0 Å². The Morgan fingerprint density at radius 1 is 1.40 bits per heavy atom. The minimum absolute atomic E-state index is 0.164. The first-order valence-corrected chi connectivity index (χ1v) is 6.70. The summed E-state index contributed by atoms with van der Waals surface area (Å²) in [5.74, 6) is -5.15. The van der Waals surface area contributed by atoms with E-state index < -0.39 is 52.9 Å². The maximum absolute atomic E-state index is 14.1. The van der Waals surface area contributed by atoms with E-state index in [1.807, 2.05) is 0 Å². The molecule has 1 unspecified atom stereocenters. The average Bonchev–Trinajstić information content (AvgIpc) is 2.37. The predicted octanol–water partition coefficient (Wildman–Crippen LogP) is -0.799. The molecule has 110 valence electrons. The van der Waals surface area contributed by atoms with Crippen molar-refractivity contribution in [1.29, 1.82) is 0 Å². The summed E-state index contributed by atoms with van der Waals surface area (Å²) in [6.45, 7) is 0. The van der Waals surface area contributed by atoms with Crippen LogP contribution in [0.3, 0.4) is 0 Å². The molecule has 0 radical (unpaired) electrons. The molecule has 1 aromatic carbocycles. The van der Waals surface area contributed by atoms with Crippen LogP contribution in [0.4, 0.5) is 8.78 Å². The van der Waals surface area contributed by atoms with Crippen molar-refractivity contribution in [2.75, 3.05) is 7.11 Å². The molecule has 0 aliphatic heterocycles. The van der Waals surface area contributed by atoms with Gasteiger partial charge < -0.3 is 0 Å². The number of rotatable bonds is 5. The van der Waals surface area contributed by atoms with Gasteiger partial charge in [0.05, 0.1) is 0 Å². The van der Waals surface area contributed by atoms with E-state index in [1.165, 1.54) is 0 Å². The molecule has 0 aromatic heterocycles. The van der Waals surface area contributed by atoms with Crippen LogP contribution in [-0.2, 0) is 11.2 Å². The van der Waals surface area contributed by atoms with Crippen molar-refractivity contribution in [2.24, 2.45) is 11.5 Å². The summed E-state index contributed by atoms with van der Waals surface area (Å²) < 4.78 is 32.8. The number of carbonyl (C=O) groups excluding carboxylic acids is 1. The van der Waals surface area contributed by atoms with Crippen LogP contribution in [-0.4, -0.2) is 30.1 Å². The molecule has 6 nitrogen and oxygen atoms in total. The second-order valence-corrected chi connectivity index (χ2v) is 5.31. The Labute approximate surface area is 127 Å².